The summed E-state index contributed by atoms with van der Waals surface area (Å²) in [6.07, 6.45) is 8.40. The number of benzene rings is 1. The predicted molar refractivity (Wildman–Crippen MR) is 101 cm³/mol. The molecule has 0 radical (unpaired) electrons. The van der Waals surface area contributed by atoms with E-state index in [0.29, 0.717) is 6.04 Å². The fraction of sp³-hybridized carbons (Fsp3) is 0.429. The fourth-order valence-corrected chi connectivity index (χ4v) is 6.55. The Morgan fingerprint density at radius 3 is 2.71 bits per heavy atom. The van der Waals surface area contributed by atoms with Crippen molar-refractivity contribution in [2.24, 2.45) is 0 Å². The van der Waals surface area contributed by atoms with Crippen LogP contribution in [0.2, 0.25) is 0 Å². The Balaban J connectivity index is 1.77. The van der Waals surface area contributed by atoms with Crippen LogP contribution >= 0.6 is 11.3 Å². The van der Waals surface area contributed by atoms with Gasteiger partial charge in [0.2, 0.25) is 0 Å². The van der Waals surface area contributed by atoms with E-state index in [2.05, 4.69) is 49.1 Å². The maximum atomic E-state index is 5.76. The number of thiophene rings is 1. The van der Waals surface area contributed by atoms with Crippen LogP contribution in [0.5, 0.6) is 0 Å². The van der Waals surface area contributed by atoms with Gasteiger partial charge in [0.1, 0.15) is 0 Å². The second kappa shape index (κ2) is 5.13. The highest BCUT2D eigenvalue weighted by molar-refractivity contribution is 7.18. The van der Waals surface area contributed by atoms with Gasteiger partial charge in [0.25, 0.3) is 0 Å². The van der Waals surface area contributed by atoms with Gasteiger partial charge in [-0.25, -0.2) is 0 Å². The molecular weight excluding hydrogens is 314 g/mol. The second-order valence-electron chi connectivity index (χ2n) is 7.39. The second-order valence-corrected chi connectivity index (χ2v) is 8.37. The van der Waals surface area contributed by atoms with Gasteiger partial charge >= 0.3 is 0 Å². The quantitative estimate of drug-likeness (QED) is 0.501. The molecule has 1 aliphatic heterocycles. The molecule has 1 saturated carbocycles. The van der Waals surface area contributed by atoms with Crippen LogP contribution in [0.4, 0.5) is 5.69 Å². The topological polar surface area (TPSA) is 16.4 Å². The standard InChI is InChI=1S/C21H23NOS/c1-14-8-4-5-9-17(14)22-15(2)18-16-10-13-23-20(16)24-19(18)21(22)11-6-3-7-12-21/h4-5,8-10,13,15H,3,6-7,11-12H2,1-2H3/t15-/m0/s1. The molecule has 0 unspecified atom stereocenters. The van der Waals surface area contributed by atoms with Gasteiger partial charge in [0.15, 0.2) is 4.90 Å². The summed E-state index contributed by atoms with van der Waals surface area (Å²) >= 11 is 1.90. The summed E-state index contributed by atoms with van der Waals surface area (Å²) in [5.41, 5.74) is 4.49. The zero-order valence-corrected chi connectivity index (χ0v) is 15.2. The first kappa shape index (κ1) is 14.6. The predicted octanol–water partition coefficient (Wildman–Crippen LogP) is 6.54. The lowest BCUT2D eigenvalue weighted by Gasteiger charge is -2.45. The summed E-state index contributed by atoms with van der Waals surface area (Å²) in [7, 11) is 0. The van der Waals surface area contributed by atoms with E-state index in [-0.39, 0.29) is 5.54 Å². The number of furan rings is 1. The molecule has 124 valence electrons. The van der Waals surface area contributed by atoms with E-state index in [1.54, 1.807) is 4.88 Å². The van der Waals surface area contributed by atoms with Crippen LogP contribution < -0.4 is 4.90 Å². The van der Waals surface area contributed by atoms with Crippen LogP contribution in [0, 0.1) is 6.92 Å². The van der Waals surface area contributed by atoms with Crippen LogP contribution in [0.25, 0.3) is 10.3 Å². The molecule has 0 saturated heterocycles. The first-order valence-electron chi connectivity index (χ1n) is 9.08. The van der Waals surface area contributed by atoms with E-state index < -0.39 is 0 Å². The van der Waals surface area contributed by atoms with Crippen molar-refractivity contribution in [3.8, 4) is 0 Å². The molecule has 1 fully saturated rings. The highest BCUT2D eigenvalue weighted by Gasteiger charge is 2.51. The summed E-state index contributed by atoms with van der Waals surface area (Å²) in [6, 6.07) is 11.5. The molecule has 0 bridgehead atoms. The Labute approximate surface area is 147 Å². The van der Waals surface area contributed by atoms with Crippen molar-refractivity contribution in [3.05, 3.63) is 52.6 Å². The molecular formula is C21H23NOS. The van der Waals surface area contributed by atoms with Gasteiger partial charge in [0, 0.05) is 21.5 Å². The number of fused-ring (bicyclic) bond motifs is 4. The minimum Gasteiger partial charge on any atom is -0.454 e. The van der Waals surface area contributed by atoms with Crippen LogP contribution in [-0.2, 0) is 5.54 Å². The molecule has 0 amide bonds. The van der Waals surface area contributed by atoms with E-state index in [0.717, 1.165) is 4.90 Å². The number of hydrogen-bond donors (Lipinski definition) is 0. The first-order valence-corrected chi connectivity index (χ1v) is 9.89. The van der Waals surface area contributed by atoms with Gasteiger partial charge in [-0.05, 0) is 44.4 Å². The largest absolute Gasteiger partial charge is 0.454 e. The summed E-state index contributed by atoms with van der Waals surface area (Å²) in [5.74, 6) is 0. The van der Waals surface area contributed by atoms with Crippen molar-refractivity contribution in [2.45, 2.75) is 57.5 Å². The zero-order chi connectivity index (χ0) is 16.3. The molecule has 0 N–H and O–H groups in total. The van der Waals surface area contributed by atoms with E-state index in [4.69, 9.17) is 4.42 Å². The maximum absolute atomic E-state index is 5.76. The SMILES string of the molecule is Cc1ccccc1N1[C@@H](C)c2c(sc3occc23)C12CCCCC2. The molecule has 1 aromatic carbocycles. The minimum atomic E-state index is 0.172. The third kappa shape index (κ3) is 1.76. The van der Waals surface area contributed by atoms with Gasteiger partial charge in [0.05, 0.1) is 17.8 Å². The van der Waals surface area contributed by atoms with Crippen LogP contribution in [0.1, 0.15) is 61.1 Å². The van der Waals surface area contributed by atoms with Crippen LogP contribution in [0.3, 0.4) is 0 Å². The lowest BCUT2D eigenvalue weighted by molar-refractivity contribution is 0.288. The molecule has 3 aromatic rings. The van der Waals surface area contributed by atoms with Gasteiger partial charge in [-0.1, -0.05) is 37.5 Å². The van der Waals surface area contributed by atoms with Crippen molar-refractivity contribution < 1.29 is 4.42 Å². The Morgan fingerprint density at radius 2 is 1.92 bits per heavy atom. The highest BCUT2D eigenvalue weighted by atomic mass is 32.1. The summed E-state index contributed by atoms with van der Waals surface area (Å²) in [6.45, 7) is 4.63. The molecule has 3 heteroatoms. The summed E-state index contributed by atoms with van der Waals surface area (Å²) in [5, 5.41) is 1.34. The van der Waals surface area contributed by atoms with Crippen molar-refractivity contribution in [2.75, 3.05) is 4.90 Å². The van der Waals surface area contributed by atoms with Crippen LogP contribution in [0.15, 0.2) is 41.0 Å². The lowest BCUT2D eigenvalue weighted by atomic mass is 9.80. The number of aryl methyl sites for hydroxylation is 1. The van der Waals surface area contributed by atoms with Gasteiger partial charge in [-0.2, -0.15) is 0 Å². The third-order valence-corrected chi connectivity index (χ3v) is 7.41. The molecule has 1 aliphatic carbocycles. The fourth-order valence-electron chi connectivity index (χ4n) is 5.09. The zero-order valence-electron chi connectivity index (χ0n) is 14.3. The van der Waals surface area contributed by atoms with E-state index in [1.165, 1.54) is 54.3 Å². The Bertz CT molecular complexity index is 900. The molecule has 3 heterocycles. The maximum Gasteiger partial charge on any atom is 0.188 e. The number of nitrogens with zero attached hydrogens (tertiary/aromatic N) is 1. The number of hydrogen-bond acceptors (Lipinski definition) is 3. The average Bonchev–Trinajstić information content (AvgIpc) is 3.23. The van der Waals surface area contributed by atoms with Gasteiger partial charge < -0.3 is 9.32 Å². The van der Waals surface area contributed by atoms with E-state index in [1.807, 2.05) is 17.6 Å². The first-order chi connectivity index (χ1) is 11.7. The van der Waals surface area contributed by atoms with Gasteiger partial charge in [-0.15, -0.1) is 11.3 Å². The average molecular weight is 337 g/mol. The molecule has 5 rings (SSSR count). The number of anilines is 1. The lowest BCUT2D eigenvalue weighted by Crippen LogP contribution is -2.44. The Morgan fingerprint density at radius 1 is 1.12 bits per heavy atom. The van der Waals surface area contributed by atoms with Crippen molar-refractivity contribution in [1.29, 1.82) is 0 Å². The van der Waals surface area contributed by atoms with Crippen LogP contribution in [-0.4, -0.2) is 0 Å². The van der Waals surface area contributed by atoms with Crippen molar-refractivity contribution >= 4 is 27.3 Å². The van der Waals surface area contributed by atoms with Crippen molar-refractivity contribution in [1.82, 2.24) is 0 Å². The molecule has 2 aliphatic rings. The summed E-state index contributed by atoms with van der Waals surface area (Å²) in [4.78, 5) is 5.43. The monoisotopic (exact) mass is 337 g/mol. The molecule has 1 spiro atoms. The smallest absolute Gasteiger partial charge is 0.188 e. The third-order valence-electron chi connectivity index (χ3n) is 6.10. The van der Waals surface area contributed by atoms with E-state index in [9.17, 15) is 0 Å². The number of rotatable bonds is 1. The summed E-state index contributed by atoms with van der Waals surface area (Å²) < 4.78 is 5.76. The molecule has 1 atom stereocenters. The molecule has 2 aromatic heterocycles. The minimum absolute atomic E-state index is 0.172. The number of para-hydroxylation sites is 1. The van der Waals surface area contributed by atoms with Gasteiger partial charge in [-0.3, -0.25) is 0 Å². The normalized spacial score (nSPS) is 22.4. The van der Waals surface area contributed by atoms with E-state index >= 15 is 0 Å². The van der Waals surface area contributed by atoms with Crippen molar-refractivity contribution in [3.63, 3.8) is 0 Å². The molecule has 2 nitrogen and oxygen atoms in total. The molecule has 24 heavy (non-hydrogen) atoms. The highest BCUT2D eigenvalue weighted by Crippen LogP contribution is 2.59. The Hall–Kier alpha value is -1.74. The Kier molecular flexibility index (Phi) is 3.12.